The number of nitrogens with two attached hydrogens (primary N) is 1. The summed E-state index contributed by atoms with van der Waals surface area (Å²) in [6.45, 7) is 1.98. The molecule has 1 atom stereocenters. The summed E-state index contributed by atoms with van der Waals surface area (Å²) in [5.74, 6) is 0.863. The van der Waals surface area contributed by atoms with E-state index in [1.165, 1.54) is 9.10 Å². The molecule has 1 unspecified atom stereocenters. The van der Waals surface area contributed by atoms with E-state index in [2.05, 4.69) is 23.6 Å². The van der Waals surface area contributed by atoms with E-state index >= 15 is 0 Å². The normalized spacial score (nSPS) is 12.4. The highest BCUT2D eigenvalue weighted by Crippen LogP contribution is 2.39. The van der Waals surface area contributed by atoms with Crippen LogP contribution in [0.25, 0.3) is 0 Å². The lowest BCUT2D eigenvalue weighted by Crippen LogP contribution is -2.08. The molecule has 0 aliphatic carbocycles. The number of thiophene rings is 1. The van der Waals surface area contributed by atoms with Crippen LogP contribution in [0.15, 0.2) is 44.8 Å². The van der Waals surface area contributed by atoms with Crippen LogP contribution >= 0.6 is 23.1 Å². The Kier molecular flexibility index (Phi) is 4.10. The van der Waals surface area contributed by atoms with Gasteiger partial charge in [0.2, 0.25) is 0 Å². The molecule has 0 aliphatic heterocycles. The molecule has 90 valence electrons. The Labute approximate surface area is 110 Å². The van der Waals surface area contributed by atoms with Gasteiger partial charge in [0, 0.05) is 16.5 Å². The molecule has 2 aromatic rings. The van der Waals surface area contributed by atoms with Crippen molar-refractivity contribution in [3.05, 3.63) is 41.3 Å². The Morgan fingerprint density at radius 1 is 1.29 bits per heavy atom. The summed E-state index contributed by atoms with van der Waals surface area (Å²) >= 11 is 3.47. The SMILES string of the molecule is COc1cccc(Sc2cccs2)c1C(C)N. The number of benzene rings is 1. The highest BCUT2D eigenvalue weighted by atomic mass is 32.2. The zero-order valence-corrected chi connectivity index (χ0v) is 11.5. The van der Waals surface area contributed by atoms with Gasteiger partial charge in [0.15, 0.2) is 0 Å². The second-order valence-electron chi connectivity index (χ2n) is 3.69. The molecule has 1 aromatic heterocycles. The van der Waals surface area contributed by atoms with E-state index in [-0.39, 0.29) is 6.04 Å². The number of ether oxygens (including phenoxy) is 1. The lowest BCUT2D eigenvalue weighted by molar-refractivity contribution is 0.405. The van der Waals surface area contributed by atoms with Crippen LogP contribution in [0.3, 0.4) is 0 Å². The fraction of sp³-hybridized carbons (Fsp3) is 0.231. The third-order valence-electron chi connectivity index (χ3n) is 2.41. The van der Waals surface area contributed by atoms with E-state index in [4.69, 9.17) is 10.5 Å². The average molecular weight is 265 g/mol. The van der Waals surface area contributed by atoms with Gasteiger partial charge in [0.1, 0.15) is 5.75 Å². The molecule has 1 heterocycles. The smallest absolute Gasteiger partial charge is 0.124 e. The van der Waals surface area contributed by atoms with Crippen molar-refractivity contribution >= 4 is 23.1 Å². The molecule has 0 bridgehead atoms. The Morgan fingerprint density at radius 2 is 2.12 bits per heavy atom. The molecule has 0 fully saturated rings. The zero-order chi connectivity index (χ0) is 12.3. The van der Waals surface area contributed by atoms with E-state index in [0.717, 1.165) is 11.3 Å². The summed E-state index contributed by atoms with van der Waals surface area (Å²) in [7, 11) is 1.68. The molecular weight excluding hydrogens is 250 g/mol. The van der Waals surface area contributed by atoms with Crippen molar-refractivity contribution in [2.45, 2.75) is 22.1 Å². The molecule has 2 nitrogen and oxygen atoms in total. The minimum Gasteiger partial charge on any atom is -0.496 e. The van der Waals surface area contributed by atoms with Gasteiger partial charge in [0.05, 0.1) is 11.3 Å². The van der Waals surface area contributed by atoms with Crippen LogP contribution in [0.4, 0.5) is 0 Å². The molecule has 0 saturated heterocycles. The first-order chi connectivity index (χ1) is 8.22. The van der Waals surface area contributed by atoms with E-state index in [0.29, 0.717) is 0 Å². The van der Waals surface area contributed by atoms with Crippen molar-refractivity contribution in [2.24, 2.45) is 5.73 Å². The van der Waals surface area contributed by atoms with Crippen LogP contribution in [0.5, 0.6) is 5.75 Å². The highest BCUT2D eigenvalue weighted by molar-refractivity contribution is 8.01. The maximum Gasteiger partial charge on any atom is 0.124 e. The standard InChI is InChI=1S/C13H15NOS2/c1-9(14)13-10(15-2)5-3-6-11(13)17-12-7-4-8-16-12/h3-9H,14H2,1-2H3. The minimum atomic E-state index is -0.0337. The van der Waals surface area contributed by atoms with Crippen LogP contribution in [0.1, 0.15) is 18.5 Å². The van der Waals surface area contributed by atoms with Crippen LogP contribution in [0.2, 0.25) is 0 Å². The highest BCUT2D eigenvalue weighted by Gasteiger charge is 2.14. The first-order valence-electron chi connectivity index (χ1n) is 5.36. The van der Waals surface area contributed by atoms with Gasteiger partial charge in [-0.2, -0.15) is 0 Å². The third kappa shape index (κ3) is 2.83. The summed E-state index contributed by atoms with van der Waals surface area (Å²) < 4.78 is 6.64. The molecule has 0 aliphatic rings. The van der Waals surface area contributed by atoms with Crippen molar-refractivity contribution in [1.29, 1.82) is 0 Å². The Balaban J connectivity index is 2.39. The Bertz CT molecular complexity index is 480. The van der Waals surface area contributed by atoms with Crippen LogP contribution < -0.4 is 10.5 Å². The molecular formula is C13H15NOS2. The van der Waals surface area contributed by atoms with E-state index < -0.39 is 0 Å². The fourth-order valence-electron chi connectivity index (χ4n) is 1.67. The number of hydrogen-bond donors (Lipinski definition) is 1. The van der Waals surface area contributed by atoms with Gasteiger partial charge in [-0.1, -0.05) is 23.9 Å². The number of methoxy groups -OCH3 is 1. The molecule has 0 amide bonds. The maximum absolute atomic E-state index is 6.03. The molecule has 4 heteroatoms. The van der Waals surface area contributed by atoms with Gasteiger partial charge in [-0.3, -0.25) is 0 Å². The Morgan fingerprint density at radius 3 is 2.71 bits per heavy atom. The molecule has 0 spiro atoms. The van der Waals surface area contributed by atoms with Crippen molar-refractivity contribution in [2.75, 3.05) is 7.11 Å². The molecule has 1 aromatic carbocycles. The summed E-state index contributed by atoms with van der Waals surface area (Å²) in [6.07, 6.45) is 0. The van der Waals surface area contributed by atoms with Gasteiger partial charge in [0.25, 0.3) is 0 Å². The predicted octanol–water partition coefficient (Wildman–Crippen LogP) is 3.93. The topological polar surface area (TPSA) is 35.2 Å². The number of rotatable bonds is 4. The summed E-state index contributed by atoms with van der Waals surface area (Å²) in [4.78, 5) is 1.17. The van der Waals surface area contributed by atoms with Crippen molar-refractivity contribution in [3.8, 4) is 5.75 Å². The van der Waals surface area contributed by atoms with Crippen LogP contribution in [-0.2, 0) is 0 Å². The van der Waals surface area contributed by atoms with Gasteiger partial charge < -0.3 is 10.5 Å². The van der Waals surface area contributed by atoms with Gasteiger partial charge >= 0.3 is 0 Å². The molecule has 0 saturated carbocycles. The first-order valence-corrected chi connectivity index (χ1v) is 7.06. The second kappa shape index (κ2) is 5.58. The summed E-state index contributed by atoms with van der Waals surface area (Å²) in [6, 6.07) is 10.2. The Hall–Kier alpha value is -0.970. The molecule has 2 N–H and O–H groups in total. The maximum atomic E-state index is 6.03. The second-order valence-corrected chi connectivity index (χ2v) is 5.98. The molecule has 0 radical (unpaired) electrons. The minimum absolute atomic E-state index is 0.0337. The lowest BCUT2D eigenvalue weighted by atomic mass is 10.1. The van der Waals surface area contributed by atoms with Gasteiger partial charge in [-0.25, -0.2) is 0 Å². The van der Waals surface area contributed by atoms with E-state index in [1.807, 2.05) is 19.1 Å². The van der Waals surface area contributed by atoms with Gasteiger partial charge in [-0.15, -0.1) is 11.3 Å². The van der Waals surface area contributed by atoms with Crippen molar-refractivity contribution < 1.29 is 4.74 Å². The van der Waals surface area contributed by atoms with Crippen LogP contribution in [-0.4, -0.2) is 7.11 Å². The lowest BCUT2D eigenvalue weighted by Gasteiger charge is -2.15. The monoisotopic (exact) mass is 265 g/mol. The quantitative estimate of drug-likeness (QED) is 0.909. The van der Waals surface area contributed by atoms with Crippen molar-refractivity contribution in [3.63, 3.8) is 0 Å². The fourth-order valence-corrected chi connectivity index (χ4v) is 3.65. The molecule has 2 rings (SSSR count). The largest absolute Gasteiger partial charge is 0.496 e. The zero-order valence-electron chi connectivity index (χ0n) is 9.84. The van der Waals surface area contributed by atoms with Gasteiger partial charge in [-0.05, 0) is 30.5 Å². The van der Waals surface area contributed by atoms with E-state index in [9.17, 15) is 0 Å². The van der Waals surface area contributed by atoms with Crippen LogP contribution in [0, 0.1) is 0 Å². The van der Waals surface area contributed by atoms with E-state index in [1.54, 1.807) is 30.2 Å². The predicted molar refractivity (Wildman–Crippen MR) is 74.0 cm³/mol. The average Bonchev–Trinajstić information content (AvgIpc) is 2.81. The first kappa shape index (κ1) is 12.5. The molecule has 17 heavy (non-hydrogen) atoms. The number of hydrogen-bond acceptors (Lipinski definition) is 4. The summed E-state index contributed by atoms with van der Waals surface area (Å²) in [5, 5.41) is 2.08. The third-order valence-corrected chi connectivity index (χ3v) is 4.52. The van der Waals surface area contributed by atoms with Crippen molar-refractivity contribution in [1.82, 2.24) is 0 Å². The summed E-state index contributed by atoms with van der Waals surface area (Å²) in [5.41, 5.74) is 7.11.